The molecule has 0 bridgehead atoms. The van der Waals surface area contributed by atoms with Gasteiger partial charge in [-0.15, -0.1) is 0 Å². The molecule has 1 atom stereocenters. The minimum atomic E-state index is -0.582. The highest BCUT2D eigenvalue weighted by molar-refractivity contribution is 6.62. The normalized spacial score (nSPS) is 22.3. The number of carbonyl (C=O) groups is 1. The maximum atomic E-state index is 13.9. The molecule has 3 aromatic carbocycles. The Morgan fingerprint density at radius 2 is 1.51 bits per heavy atom. The van der Waals surface area contributed by atoms with Gasteiger partial charge in [-0.1, -0.05) is 54.1 Å². The third kappa shape index (κ3) is 3.03. The average molecular weight is 464 g/mol. The molecule has 1 saturated heterocycles. The van der Waals surface area contributed by atoms with E-state index in [-0.39, 0.29) is 5.91 Å². The van der Waals surface area contributed by atoms with Gasteiger partial charge >= 0.3 is 7.12 Å². The fourth-order valence-electron chi connectivity index (χ4n) is 5.28. The zero-order valence-electron chi connectivity index (χ0n) is 21.0. The number of aromatic nitrogens is 2. The van der Waals surface area contributed by atoms with E-state index < -0.39 is 23.7 Å². The van der Waals surface area contributed by atoms with Crippen molar-refractivity contribution in [1.29, 1.82) is 0 Å². The van der Waals surface area contributed by atoms with Crippen molar-refractivity contribution < 1.29 is 14.1 Å². The number of hydrogen-bond acceptors (Lipinski definition) is 4. The van der Waals surface area contributed by atoms with Crippen LogP contribution in [0.25, 0.3) is 11.0 Å². The smallest absolute Gasteiger partial charge is 0.399 e. The number of rotatable bonds is 2. The fraction of sp³-hybridized carbons (Fsp3) is 0.310. The Balaban J connectivity index is 1.58. The van der Waals surface area contributed by atoms with Crippen LogP contribution in [0.4, 0.5) is 0 Å². The molecule has 0 N–H and O–H groups in total. The monoisotopic (exact) mass is 464 g/mol. The molecule has 2 aliphatic heterocycles. The number of hydrogen-bond donors (Lipinski definition) is 0. The molecule has 0 amide bonds. The van der Waals surface area contributed by atoms with E-state index in [0.717, 1.165) is 33.4 Å². The Morgan fingerprint density at radius 3 is 2.20 bits per heavy atom. The maximum absolute atomic E-state index is 13.9. The number of nitrogens with zero attached hydrogens (tertiary/aromatic N) is 2. The molecule has 0 saturated carbocycles. The second kappa shape index (κ2) is 7.15. The Hall–Kier alpha value is -3.22. The first-order valence-electron chi connectivity index (χ1n) is 12.1. The van der Waals surface area contributed by atoms with Gasteiger partial charge in [0.25, 0.3) is 5.91 Å². The third-order valence-corrected chi connectivity index (χ3v) is 8.18. The van der Waals surface area contributed by atoms with E-state index in [0.29, 0.717) is 5.56 Å². The summed E-state index contributed by atoms with van der Waals surface area (Å²) < 4.78 is 14.4. The van der Waals surface area contributed by atoms with E-state index in [2.05, 4.69) is 38.1 Å². The Bertz CT molecular complexity index is 1490. The second-order valence-corrected chi connectivity index (χ2v) is 10.9. The van der Waals surface area contributed by atoms with Gasteiger partial charge in [-0.05, 0) is 76.3 Å². The van der Waals surface area contributed by atoms with Gasteiger partial charge in [0, 0.05) is 5.56 Å². The second-order valence-electron chi connectivity index (χ2n) is 10.9. The van der Waals surface area contributed by atoms with Crippen molar-refractivity contribution in [3.63, 3.8) is 0 Å². The number of imidazole rings is 1. The zero-order chi connectivity index (χ0) is 24.8. The first-order chi connectivity index (χ1) is 16.5. The molecule has 5 nitrogen and oxygen atoms in total. The number of carbonyl (C=O) groups excluding carboxylic acids is 1. The van der Waals surface area contributed by atoms with Crippen molar-refractivity contribution in [1.82, 2.24) is 9.55 Å². The molecule has 0 spiro atoms. The summed E-state index contributed by atoms with van der Waals surface area (Å²) in [7, 11) is -0.509. The van der Waals surface area contributed by atoms with Crippen LogP contribution in [0, 0.1) is 6.92 Å². The molecule has 6 heteroatoms. The molecule has 0 aliphatic carbocycles. The van der Waals surface area contributed by atoms with E-state index in [1.54, 1.807) is 4.57 Å². The minimum Gasteiger partial charge on any atom is -0.399 e. The van der Waals surface area contributed by atoms with Gasteiger partial charge in [0.15, 0.2) is 0 Å². The van der Waals surface area contributed by atoms with E-state index in [1.165, 1.54) is 5.56 Å². The molecule has 1 aromatic heterocycles. The molecule has 1 fully saturated rings. The quantitative estimate of drug-likeness (QED) is 0.392. The van der Waals surface area contributed by atoms with Crippen LogP contribution in [-0.2, 0) is 14.7 Å². The van der Waals surface area contributed by atoms with Crippen LogP contribution in [0.1, 0.15) is 67.5 Å². The molecule has 1 unspecified atom stereocenters. The summed E-state index contributed by atoms with van der Waals surface area (Å²) in [6.07, 6.45) is 0. The highest BCUT2D eigenvalue weighted by Crippen LogP contribution is 2.44. The topological polar surface area (TPSA) is 53.4 Å². The van der Waals surface area contributed by atoms with Crippen molar-refractivity contribution >= 4 is 29.5 Å². The Labute approximate surface area is 206 Å². The van der Waals surface area contributed by atoms with Crippen LogP contribution < -0.4 is 5.46 Å². The summed E-state index contributed by atoms with van der Waals surface area (Å²) in [5.41, 5.74) is 4.93. The highest BCUT2D eigenvalue weighted by atomic mass is 16.7. The molecular weight excluding hydrogens is 435 g/mol. The van der Waals surface area contributed by atoms with Crippen LogP contribution in [0.2, 0.25) is 0 Å². The van der Waals surface area contributed by atoms with Crippen LogP contribution in [0.5, 0.6) is 0 Å². The fourth-order valence-corrected chi connectivity index (χ4v) is 5.28. The van der Waals surface area contributed by atoms with Gasteiger partial charge in [-0.2, -0.15) is 0 Å². The summed E-state index contributed by atoms with van der Waals surface area (Å²) in [6, 6.07) is 22.3. The number of aryl methyl sites for hydroxylation is 1. The molecule has 3 heterocycles. The highest BCUT2D eigenvalue weighted by Gasteiger charge is 2.52. The lowest BCUT2D eigenvalue weighted by atomic mass is 9.71. The minimum absolute atomic E-state index is 0.0613. The Kier molecular flexibility index (Phi) is 4.55. The van der Waals surface area contributed by atoms with Gasteiger partial charge in [0.1, 0.15) is 5.82 Å². The zero-order valence-corrected chi connectivity index (χ0v) is 21.0. The van der Waals surface area contributed by atoms with Crippen LogP contribution in [0.15, 0.2) is 66.7 Å². The molecule has 0 radical (unpaired) electrons. The lowest BCUT2D eigenvalue weighted by molar-refractivity contribution is 0.00578. The third-order valence-electron chi connectivity index (χ3n) is 8.18. The van der Waals surface area contributed by atoms with Gasteiger partial charge in [0.05, 0.1) is 27.7 Å². The first-order valence-corrected chi connectivity index (χ1v) is 12.1. The molecule has 35 heavy (non-hydrogen) atoms. The molecule has 176 valence electrons. The van der Waals surface area contributed by atoms with Crippen molar-refractivity contribution in [2.75, 3.05) is 0 Å². The molecular formula is C29H29BN2O3. The summed E-state index contributed by atoms with van der Waals surface area (Å²) in [5.74, 6) is 0.667. The molecule has 6 rings (SSSR count). The summed E-state index contributed by atoms with van der Waals surface area (Å²) >= 11 is 0. The van der Waals surface area contributed by atoms with Gasteiger partial charge in [-0.3, -0.25) is 9.36 Å². The summed E-state index contributed by atoms with van der Waals surface area (Å²) in [4.78, 5) is 18.9. The Morgan fingerprint density at radius 1 is 0.857 bits per heavy atom. The van der Waals surface area contributed by atoms with Crippen LogP contribution in [-0.4, -0.2) is 33.8 Å². The molecule has 4 aromatic rings. The van der Waals surface area contributed by atoms with Gasteiger partial charge in [0.2, 0.25) is 0 Å². The number of benzene rings is 3. The summed E-state index contributed by atoms with van der Waals surface area (Å²) in [6.45, 7) is 12.4. The largest absolute Gasteiger partial charge is 0.494 e. The maximum Gasteiger partial charge on any atom is 0.494 e. The lowest BCUT2D eigenvalue weighted by Crippen LogP contribution is -2.41. The standard InChI is InChI=1S/C29H29BN2O3/c1-18-11-13-19(14-12-18)29(6)22-10-8-7-9-21(22)25(33)32-24-17-20(15-16-23(24)31-26(29)32)30-34-27(2,3)28(4,5)35-30/h7-17H,1-6H3. The van der Waals surface area contributed by atoms with Gasteiger partial charge in [-0.25, -0.2) is 4.98 Å². The predicted octanol–water partition coefficient (Wildman–Crippen LogP) is 5.00. The van der Waals surface area contributed by atoms with Crippen molar-refractivity contribution in [2.24, 2.45) is 0 Å². The van der Waals surface area contributed by atoms with Gasteiger partial charge < -0.3 is 9.31 Å². The van der Waals surface area contributed by atoms with E-state index in [4.69, 9.17) is 14.3 Å². The van der Waals surface area contributed by atoms with Crippen LogP contribution in [0.3, 0.4) is 0 Å². The van der Waals surface area contributed by atoms with E-state index in [9.17, 15) is 4.79 Å². The van der Waals surface area contributed by atoms with Crippen molar-refractivity contribution in [2.45, 2.75) is 58.2 Å². The SMILES string of the molecule is Cc1ccc(C2(C)c3ccccc3C(=O)n3c2nc2ccc(B4OC(C)(C)C(C)(C)O4)cc23)cc1. The van der Waals surface area contributed by atoms with Crippen molar-refractivity contribution in [3.8, 4) is 0 Å². The number of fused-ring (bicyclic) bond motifs is 4. The lowest BCUT2D eigenvalue weighted by Gasteiger charge is -2.36. The summed E-state index contributed by atoms with van der Waals surface area (Å²) in [5, 5.41) is 0. The van der Waals surface area contributed by atoms with Crippen molar-refractivity contribution in [3.05, 3.63) is 94.8 Å². The van der Waals surface area contributed by atoms with E-state index in [1.807, 2.05) is 70.2 Å². The average Bonchev–Trinajstić information content (AvgIpc) is 3.31. The molecule has 2 aliphatic rings. The first kappa shape index (κ1) is 22.3. The predicted molar refractivity (Wildman–Crippen MR) is 138 cm³/mol. The van der Waals surface area contributed by atoms with E-state index >= 15 is 0 Å². The van der Waals surface area contributed by atoms with Crippen LogP contribution >= 0.6 is 0 Å².